The van der Waals surface area contributed by atoms with E-state index in [-0.39, 0.29) is 28.9 Å². The van der Waals surface area contributed by atoms with Crippen LogP contribution in [0.3, 0.4) is 0 Å². The van der Waals surface area contributed by atoms with E-state index in [1.54, 1.807) is 71.0 Å². The molecule has 17 nitrogen and oxygen atoms in total. The standard InChI is InChI=1S/C48H54Cl3NO16/c1-25-30(64-40(57)35(65-42(59)62-24-48(49,50)51)33(28-16-12-10-13-17-28)52-41(58)68-43(4,5)6)22-47(60)38(66-39(56)29-18-14-11-15-19-29)36-45(9,21-20-31-46(36,23-61-31)67-27(3)54)37(55)34(63-26(2)53)32(25)44(47,7)8/h10-21,30-31,33-36,38,60H,22-24H2,1-9H3,(H,52,58)/t30-,31+,33-,34+,35+,36-,38-,45+,46-,47+/m0/s1. The van der Waals surface area contributed by atoms with Crippen LogP contribution >= 0.6 is 34.8 Å². The first kappa shape index (κ1) is 52.2. The maximum absolute atomic E-state index is 15.5. The number of carbonyl (C=O) groups is 7. The Bertz CT molecular complexity index is 2380. The third-order valence-electron chi connectivity index (χ3n) is 12.8. The van der Waals surface area contributed by atoms with Gasteiger partial charge >= 0.3 is 36.1 Å². The minimum Gasteiger partial charge on any atom is -0.455 e. The summed E-state index contributed by atoms with van der Waals surface area (Å²) in [6, 6.07) is 14.1. The number of Topliss-reactive ketones (excluding diaryl/α,β-unsaturated/α-hetero) is 1. The summed E-state index contributed by atoms with van der Waals surface area (Å²) in [6.07, 6.45) is -8.44. The number of alkyl carbamates (subject to hydrolysis) is 1. The van der Waals surface area contributed by atoms with Gasteiger partial charge < -0.3 is 48.3 Å². The van der Waals surface area contributed by atoms with Crippen LogP contribution in [0.2, 0.25) is 0 Å². The van der Waals surface area contributed by atoms with Gasteiger partial charge in [0.15, 0.2) is 17.5 Å². The highest BCUT2D eigenvalue weighted by molar-refractivity contribution is 6.67. The molecule has 0 radical (unpaired) electrons. The van der Waals surface area contributed by atoms with E-state index in [0.29, 0.717) is 0 Å². The largest absolute Gasteiger partial charge is 0.509 e. The van der Waals surface area contributed by atoms with Crippen LogP contribution in [0, 0.1) is 16.7 Å². The molecule has 6 rings (SSSR count). The number of ether oxygens (including phenoxy) is 8. The van der Waals surface area contributed by atoms with Gasteiger partial charge in [-0.25, -0.2) is 19.2 Å². The molecule has 3 aliphatic carbocycles. The smallest absolute Gasteiger partial charge is 0.455 e. The van der Waals surface area contributed by atoms with E-state index in [1.165, 1.54) is 50.3 Å². The third kappa shape index (κ3) is 10.4. The number of esters is 4. The number of rotatable bonds is 11. The van der Waals surface area contributed by atoms with Gasteiger partial charge in [-0.2, -0.15) is 0 Å². The Morgan fingerprint density at radius 2 is 1.51 bits per heavy atom. The summed E-state index contributed by atoms with van der Waals surface area (Å²) in [4.78, 5) is 97.8. The molecule has 1 amide bonds. The van der Waals surface area contributed by atoms with E-state index in [9.17, 15) is 33.9 Å². The fourth-order valence-electron chi connectivity index (χ4n) is 9.74. The molecular weight excluding hydrogens is 953 g/mol. The summed E-state index contributed by atoms with van der Waals surface area (Å²) in [5, 5.41) is 16.4. The van der Waals surface area contributed by atoms with Crippen molar-refractivity contribution in [1.82, 2.24) is 5.32 Å². The van der Waals surface area contributed by atoms with Crippen molar-refractivity contribution in [3.05, 3.63) is 95.1 Å². The topological polar surface area (TPSA) is 226 Å². The normalized spacial score (nSPS) is 29.1. The zero-order valence-corrected chi connectivity index (χ0v) is 41.1. The Kier molecular flexibility index (Phi) is 14.8. The molecule has 1 saturated heterocycles. The van der Waals surface area contributed by atoms with E-state index in [4.69, 9.17) is 72.7 Å². The van der Waals surface area contributed by atoms with E-state index < -0.39 is 129 Å². The Hall–Kier alpha value is -5.20. The van der Waals surface area contributed by atoms with Crippen LogP contribution in [-0.4, -0.2) is 111 Å². The van der Waals surface area contributed by atoms with E-state index in [1.807, 2.05) is 0 Å². The van der Waals surface area contributed by atoms with Crippen LogP contribution in [0.25, 0.3) is 0 Å². The number of hydrogen-bond donors (Lipinski definition) is 2. The van der Waals surface area contributed by atoms with Crippen molar-refractivity contribution in [2.24, 2.45) is 16.7 Å². The molecule has 20 heteroatoms. The minimum absolute atomic E-state index is 0.0161. The number of benzene rings is 2. The van der Waals surface area contributed by atoms with Crippen molar-refractivity contribution in [1.29, 1.82) is 0 Å². The van der Waals surface area contributed by atoms with Gasteiger partial charge in [0.25, 0.3) is 0 Å². The zero-order chi connectivity index (χ0) is 50.4. The SMILES string of the molecule is CC(=O)O[C@H]1C(=O)[C@]2(C)C=C[C@H]3OC[C@@]3(OC(C)=O)[C@H]2[C@H](OC(=O)c2ccccc2)[C@]2(O)C[C@H](OC(=O)[C@H](OC(=O)OCC(Cl)(Cl)Cl)[C@@H](NC(=O)OC(C)(C)C)c3ccccc3)C(C)=C1C2(C)C. The number of allylic oxidation sites excluding steroid dienone is 1. The van der Waals surface area contributed by atoms with E-state index in [2.05, 4.69) is 5.32 Å². The summed E-state index contributed by atoms with van der Waals surface area (Å²) < 4.78 is 44.6. The molecule has 0 spiro atoms. The lowest BCUT2D eigenvalue weighted by Gasteiger charge is -2.65. The monoisotopic (exact) mass is 1010 g/mol. The summed E-state index contributed by atoms with van der Waals surface area (Å²) in [5.74, 6) is -6.16. The first-order chi connectivity index (χ1) is 31.5. The molecule has 10 atom stereocenters. The molecule has 68 heavy (non-hydrogen) atoms. The lowest BCUT2D eigenvalue weighted by atomic mass is 9.46. The number of nitrogens with one attached hydrogen (secondary N) is 1. The molecule has 1 saturated carbocycles. The van der Waals surface area contributed by atoms with Crippen LogP contribution < -0.4 is 5.32 Å². The summed E-state index contributed by atoms with van der Waals surface area (Å²) >= 11 is 17.5. The molecule has 368 valence electrons. The molecule has 2 N–H and O–H groups in total. The van der Waals surface area contributed by atoms with Crippen molar-refractivity contribution in [3.8, 4) is 0 Å². The van der Waals surface area contributed by atoms with Crippen LogP contribution in [0.15, 0.2) is 84.0 Å². The predicted molar refractivity (Wildman–Crippen MR) is 242 cm³/mol. The second kappa shape index (κ2) is 19.3. The Morgan fingerprint density at radius 3 is 2.06 bits per heavy atom. The van der Waals surface area contributed by atoms with Gasteiger partial charge in [0.2, 0.25) is 9.90 Å². The Morgan fingerprint density at radius 1 is 0.897 bits per heavy atom. The highest BCUT2D eigenvalue weighted by Gasteiger charge is 2.75. The van der Waals surface area contributed by atoms with Crippen LogP contribution in [0.5, 0.6) is 0 Å². The lowest BCUT2D eigenvalue weighted by Crippen LogP contribution is -2.78. The molecule has 1 aliphatic heterocycles. The number of fused-ring (bicyclic) bond motifs is 5. The Balaban J connectivity index is 1.56. The van der Waals surface area contributed by atoms with E-state index in [0.717, 1.165) is 13.8 Å². The van der Waals surface area contributed by atoms with Crippen LogP contribution in [0.1, 0.15) is 90.7 Å². The highest BCUT2D eigenvalue weighted by atomic mass is 35.6. The molecule has 4 aliphatic rings. The number of ketones is 1. The summed E-state index contributed by atoms with van der Waals surface area (Å²) in [7, 11) is 0. The highest BCUT2D eigenvalue weighted by Crippen LogP contribution is 2.63. The molecular formula is C48H54Cl3NO16. The van der Waals surface area contributed by atoms with E-state index >= 15 is 4.79 Å². The number of halogens is 3. The number of carbonyl (C=O) groups excluding carboxylic acids is 7. The average molecular weight is 1010 g/mol. The maximum Gasteiger partial charge on any atom is 0.509 e. The van der Waals surface area contributed by atoms with Gasteiger partial charge in [-0.15, -0.1) is 0 Å². The molecule has 0 aromatic heterocycles. The molecule has 2 aromatic rings. The zero-order valence-electron chi connectivity index (χ0n) is 38.8. The van der Waals surface area contributed by atoms with Gasteiger partial charge in [0, 0.05) is 25.7 Å². The summed E-state index contributed by atoms with van der Waals surface area (Å²) in [5.41, 5.74) is -8.35. The van der Waals surface area contributed by atoms with Gasteiger partial charge in [-0.1, -0.05) is 109 Å². The lowest BCUT2D eigenvalue weighted by molar-refractivity contribution is -0.306. The molecule has 2 bridgehead atoms. The van der Waals surface area contributed by atoms with Crippen molar-refractivity contribution in [2.45, 2.75) is 126 Å². The first-order valence-electron chi connectivity index (χ1n) is 21.6. The van der Waals surface area contributed by atoms with Crippen molar-refractivity contribution in [2.75, 3.05) is 13.2 Å². The quantitative estimate of drug-likeness (QED) is 0.0985. The second-order valence-electron chi connectivity index (χ2n) is 18.9. The fourth-order valence-corrected chi connectivity index (χ4v) is 9.90. The van der Waals surface area contributed by atoms with Crippen LogP contribution in [-0.2, 0) is 57.1 Å². The number of hydrogen-bond acceptors (Lipinski definition) is 16. The third-order valence-corrected chi connectivity index (χ3v) is 13.1. The van der Waals surface area contributed by atoms with Gasteiger partial charge in [-0.05, 0) is 63.5 Å². The number of alkyl halides is 3. The van der Waals surface area contributed by atoms with Crippen molar-refractivity contribution >= 4 is 76.7 Å². The predicted octanol–water partition coefficient (Wildman–Crippen LogP) is 7.17. The van der Waals surface area contributed by atoms with Crippen molar-refractivity contribution in [3.63, 3.8) is 0 Å². The van der Waals surface area contributed by atoms with Crippen molar-refractivity contribution < 1.29 is 76.6 Å². The van der Waals surface area contributed by atoms with Crippen LogP contribution in [0.4, 0.5) is 9.59 Å². The number of aliphatic hydroxyl groups is 1. The molecule has 0 unspecified atom stereocenters. The fraction of sp³-hybridized carbons (Fsp3) is 0.521. The summed E-state index contributed by atoms with van der Waals surface area (Å²) in [6.45, 7) is 12.0. The maximum atomic E-state index is 15.5. The van der Waals surface area contributed by atoms with Gasteiger partial charge in [0.1, 0.15) is 42.2 Å². The van der Waals surface area contributed by atoms with Gasteiger partial charge in [0.05, 0.1) is 23.5 Å². The molecule has 1 heterocycles. The van der Waals surface area contributed by atoms with Gasteiger partial charge in [-0.3, -0.25) is 14.4 Å². The molecule has 2 aromatic carbocycles. The average Bonchev–Trinajstić information content (AvgIpc) is 3.23. The molecule has 2 fully saturated rings. The second-order valence-corrected chi connectivity index (χ2v) is 21.5. The Labute approximate surface area is 408 Å². The first-order valence-corrected chi connectivity index (χ1v) is 22.7. The minimum atomic E-state index is -2.42. The number of amides is 1.